The Bertz CT molecular complexity index is 331. The third-order valence-corrected chi connectivity index (χ3v) is 2.60. The van der Waals surface area contributed by atoms with Crippen molar-refractivity contribution in [3.63, 3.8) is 0 Å². The summed E-state index contributed by atoms with van der Waals surface area (Å²) in [5.41, 5.74) is 2.82. The highest BCUT2D eigenvalue weighted by Crippen LogP contribution is 2.25. The van der Waals surface area contributed by atoms with E-state index in [9.17, 15) is 0 Å². The lowest BCUT2D eigenvalue weighted by molar-refractivity contribution is 0.284. The van der Waals surface area contributed by atoms with Gasteiger partial charge in [0.05, 0.1) is 0 Å². The van der Waals surface area contributed by atoms with Gasteiger partial charge in [-0.05, 0) is 32.5 Å². The van der Waals surface area contributed by atoms with Crippen LogP contribution in [0.1, 0.15) is 19.4 Å². The topological polar surface area (TPSA) is 15.3 Å². The predicted octanol–water partition coefficient (Wildman–Crippen LogP) is 2.32. The van der Waals surface area contributed by atoms with Gasteiger partial charge in [-0.1, -0.05) is 18.2 Å². The number of hydrogen-bond acceptors (Lipinski definition) is 2. The summed E-state index contributed by atoms with van der Waals surface area (Å²) >= 11 is 0. The fourth-order valence-corrected chi connectivity index (χ4v) is 2.21. The van der Waals surface area contributed by atoms with Crippen molar-refractivity contribution < 1.29 is 0 Å². The van der Waals surface area contributed by atoms with Gasteiger partial charge in [-0.25, -0.2) is 0 Å². The summed E-state index contributed by atoms with van der Waals surface area (Å²) in [6, 6.07) is 8.55. The Morgan fingerprint density at radius 2 is 2.00 bits per heavy atom. The minimum Gasteiger partial charge on any atom is -0.379 e. The highest BCUT2D eigenvalue weighted by Gasteiger charge is 2.24. The minimum absolute atomic E-state index is 0.154. The van der Waals surface area contributed by atoms with E-state index in [4.69, 9.17) is 0 Å². The molecule has 1 aliphatic heterocycles. The monoisotopic (exact) mass is 190 g/mol. The van der Waals surface area contributed by atoms with Gasteiger partial charge < -0.3 is 5.32 Å². The van der Waals surface area contributed by atoms with Crippen LogP contribution in [0.25, 0.3) is 0 Å². The summed E-state index contributed by atoms with van der Waals surface area (Å²) in [5, 5.41) is 3.59. The SMILES string of the molecule is CN1Cc2ccccc2NC(C)(C)C1. The first-order chi connectivity index (χ1) is 6.57. The minimum atomic E-state index is 0.154. The number of hydrogen-bond donors (Lipinski definition) is 1. The summed E-state index contributed by atoms with van der Waals surface area (Å²) in [4.78, 5) is 2.36. The number of anilines is 1. The maximum absolute atomic E-state index is 3.59. The molecule has 0 aromatic heterocycles. The zero-order valence-electron chi connectivity index (χ0n) is 9.17. The summed E-state index contributed by atoms with van der Waals surface area (Å²) in [6.07, 6.45) is 0. The van der Waals surface area contributed by atoms with Gasteiger partial charge in [-0.15, -0.1) is 0 Å². The molecule has 0 atom stereocenters. The van der Waals surface area contributed by atoms with E-state index in [1.807, 2.05) is 0 Å². The maximum Gasteiger partial charge on any atom is 0.0444 e. The Kier molecular flexibility index (Phi) is 2.23. The third-order valence-electron chi connectivity index (χ3n) is 2.60. The summed E-state index contributed by atoms with van der Waals surface area (Å²) in [7, 11) is 2.17. The Morgan fingerprint density at radius 1 is 1.29 bits per heavy atom. The van der Waals surface area contributed by atoms with Gasteiger partial charge in [0.15, 0.2) is 0 Å². The predicted molar refractivity (Wildman–Crippen MR) is 60.5 cm³/mol. The van der Waals surface area contributed by atoms with Crippen molar-refractivity contribution in [2.24, 2.45) is 0 Å². The zero-order chi connectivity index (χ0) is 10.2. The Morgan fingerprint density at radius 3 is 2.79 bits per heavy atom. The lowest BCUT2D eigenvalue weighted by atomic mass is 10.1. The van der Waals surface area contributed by atoms with Gasteiger partial charge in [-0.2, -0.15) is 0 Å². The molecule has 2 heteroatoms. The van der Waals surface area contributed by atoms with Gasteiger partial charge in [0.1, 0.15) is 0 Å². The van der Waals surface area contributed by atoms with E-state index in [0.717, 1.165) is 13.1 Å². The highest BCUT2D eigenvalue weighted by molar-refractivity contribution is 5.53. The summed E-state index contributed by atoms with van der Waals surface area (Å²) in [5.74, 6) is 0. The van der Waals surface area contributed by atoms with Crippen molar-refractivity contribution in [1.29, 1.82) is 0 Å². The van der Waals surface area contributed by atoms with Crippen LogP contribution in [-0.4, -0.2) is 24.0 Å². The number of fused-ring (bicyclic) bond motifs is 1. The molecule has 14 heavy (non-hydrogen) atoms. The number of rotatable bonds is 0. The molecule has 0 aliphatic carbocycles. The largest absolute Gasteiger partial charge is 0.379 e. The average Bonchev–Trinajstić information content (AvgIpc) is 2.16. The number of likely N-dealkylation sites (N-methyl/N-ethyl adjacent to an activating group) is 1. The molecule has 2 rings (SSSR count). The molecule has 0 radical (unpaired) electrons. The first-order valence-corrected chi connectivity index (χ1v) is 5.11. The standard InChI is InChI=1S/C12H18N2/c1-12(2)9-14(3)8-10-6-4-5-7-11(10)13-12/h4-7,13H,8-9H2,1-3H3. The van der Waals surface area contributed by atoms with Crippen LogP contribution in [0.15, 0.2) is 24.3 Å². The average molecular weight is 190 g/mol. The first kappa shape index (κ1) is 9.53. The highest BCUT2D eigenvalue weighted by atomic mass is 15.2. The molecule has 0 fully saturated rings. The van der Waals surface area contributed by atoms with E-state index in [-0.39, 0.29) is 5.54 Å². The van der Waals surface area contributed by atoms with E-state index >= 15 is 0 Å². The normalized spacial score (nSPS) is 20.8. The zero-order valence-corrected chi connectivity index (χ0v) is 9.17. The van der Waals surface area contributed by atoms with Crippen molar-refractivity contribution >= 4 is 5.69 Å². The molecule has 76 valence electrons. The molecular formula is C12H18N2. The molecule has 1 aliphatic rings. The summed E-state index contributed by atoms with van der Waals surface area (Å²) in [6.45, 7) is 6.59. The van der Waals surface area contributed by atoms with Crippen LogP contribution in [-0.2, 0) is 6.54 Å². The second-order valence-corrected chi connectivity index (χ2v) is 4.84. The molecule has 0 saturated carbocycles. The second-order valence-electron chi connectivity index (χ2n) is 4.84. The molecule has 1 aromatic carbocycles. The van der Waals surface area contributed by atoms with Gasteiger partial charge in [-0.3, -0.25) is 4.90 Å². The van der Waals surface area contributed by atoms with Crippen LogP contribution in [0.3, 0.4) is 0 Å². The molecule has 0 unspecified atom stereocenters. The van der Waals surface area contributed by atoms with Crippen molar-refractivity contribution in [2.75, 3.05) is 18.9 Å². The van der Waals surface area contributed by atoms with Crippen molar-refractivity contribution in [2.45, 2.75) is 25.9 Å². The van der Waals surface area contributed by atoms with E-state index < -0.39 is 0 Å². The van der Waals surface area contributed by atoms with Crippen LogP contribution in [0, 0.1) is 0 Å². The number of nitrogens with zero attached hydrogens (tertiary/aromatic N) is 1. The van der Waals surface area contributed by atoms with E-state index in [1.165, 1.54) is 11.3 Å². The van der Waals surface area contributed by atoms with Gasteiger partial charge in [0.2, 0.25) is 0 Å². The molecule has 2 nitrogen and oxygen atoms in total. The lowest BCUT2D eigenvalue weighted by Crippen LogP contribution is -2.40. The quantitative estimate of drug-likeness (QED) is 0.675. The molecule has 1 aromatic rings. The summed E-state index contributed by atoms with van der Waals surface area (Å²) < 4.78 is 0. The van der Waals surface area contributed by atoms with Gasteiger partial charge in [0, 0.05) is 24.3 Å². The van der Waals surface area contributed by atoms with Crippen LogP contribution in [0.4, 0.5) is 5.69 Å². The van der Waals surface area contributed by atoms with Gasteiger partial charge >= 0.3 is 0 Å². The van der Waals surface area contributed by atoms with E-state index in [0.29, 0.717) is 0 Å². The van der Waals surface area contributed by atoms with Gasteiger partial charge in [0.25, 0.3) is 0 Å². The van der Waals surface area contributed by atoms with Crippen molar-refractivity contribution in [1.82, 2.24) is 4.90 Å². The fraction of sp³-hybridized carbons (Fsp3) is 0.500. The lowest BCUT2D eigenvalue weighted by Gasteiger charge is -2.28. The Hall–Kier alpha value is -1.02. The Balaban J connectivity index is 2.37. The van der Waals surface area contributed by atoms with E-state index in [1.54, 1.807) is 0 Å². The smallest absolute Gasteiger partial charge is 0.0444 e. The van der Waals surface area contributed by atoms with Crippen molar-refractivity contribution in [3.05, 3.63) is 29.8 Å². The van der Waals surface area contributed by atoms with Crippen LogP contribution < -0.4 is 5.32 Å². The molecular weight excluding hydrogens is 172 g/mol. The van der Waals surface area contributed by atoms with Crippen molar-refractivity contribution in [3.8, 4) is 0 Å². The van der Waals surface area contributed by atoms with Crippen LogP contribution >= 0.6 is 0 Å². The second kappa shape index (κ2) is 3.28. The molecule has 0 bridgehead atoms. The van der Waals surface area contributed by atoms with Crippen LogP contribution in [0.2, 0.25) is 0 Å². The molecule has 1 heterocycles. The molecule has 1 N–H and O–H groups in total. The first-order valence-electron chi connectivity index (χ1n) is 5.11. The van der Waals surface area contributed by atoms with Crippen LogP contribution in [0.5, 0.6) is 0 Å². The molecule has 0 spiro atoms. The number of benzene rings is 1. The third kappa shape index (κ3) is 1.90. The fourth-order valence-electron chi connectivity index (χ4n) is 2.21. The maximum atomic E-state index is 3.59. The Labute approximate surface area is 85.9 Å². The van der Waals surface area contributed by atoms with E-state index in [2.05, 4.69) is 55.4 Å². The molecule has 0 saturated heterocycles. The number of nitrogens with one attached hydrogen (secondary N) is 1. The molecule has 0 amide bonds. The number of para-hydroxylation sites is 1.